The van der Waals surface area contributed by atoms with Gasteiger partial charge in [-0.2, -0.15) is 4.98 Å². The molecule has 0 aliphatic carbocycles. The molecule has 3 heterocycles. The summed E-state index contributed by atoms with van der Waals surface area (Å²) in [6, 6.07) is 9.41. The molecule has 178 valence electrons. The van der Waals surface area contributed by atoms with Gasteiger partial charge in [-0.25, -0.2) is 9.59 Å². The van der Waals surface area contributed by atoms with Crippen molar-refractivity contribution in [2.24, 2.45) is 11.7 Å². The summed E-state index contributed by atoms with van der Waals surface area (Å²) in [4.78, 5) is 33.1. The van der Waals surface area contributed by atoms with Crippen molar-refractivity contribution in [3.8, 4) is 5.69 Å². The van der Waals surface area contributed by atoms with Crippen LogP contribution >= 0.6 is 0 Å². The highest BCUT2D eigenvalue weighted by molar-refractivity contribution is 5.88. The molecule has 4 N–H and O–H groups in total. The van der Waals surface area contributed by atoms with Crippen LogP contribution in [0.2, 0.25) is 0 Å². The highest BCUT2D eigenvalue weighted by Gasteiger charge is 2.29. The summed E-state index contributed by atoms with van der Waals surface area (Å²) in [7, 11) is 0. The maximum atomic E-state index is 12.6. The van der Waals surface area contributed by atoms with Gasteiger partial charge in [-0.3, -0.25) is 14.8 Å². The van der Waals surface area contributed by atoms with Crippen LogP contribution in [0.3, 0.4) is 0 Å². The van der Waals surface area contributed by atoms with Crippen LogP contribution in [0.25, 0.3) is 5.69 Å². The number of urea groups is 1. The first-order chi connectivity index (χ1) is 15.8. The lowest BCUT2D eigenvalue weighted by Gasteiger charge is -2.38. The molecule has 2 aromatic rings. The van der Waals surface area contributed by atoms with E-state index in [1.165, 1.54) is 10.1 Å². The van der Waals surface area contributed by atoms with E-state index in [1.807, 2.05) is 12.1 Å². The van der Waals surface area contributed by atoms with Crippen molar-refractivity contribution >= 4 is 11.8 Å². The molecule has 0 saturated carbocycles. The molecule has 2 fully saturated rings. The summed E-state index contributed by atoms with van der Waals surface area (Å²) >= 11 is 0. The Bertz CT molecular complexity index is 999. The van der Waals surface area contributed by atoms with Gasteiger partial charge in [-0.1, -0.05) is 12.1 Å². The van der Waals surface area contributed by atoms with Crippen LogP contribution in [-0.2, 0) is 6.54 Å². The Morgan fingerprint density at radius 3 is 2.39 bits per heavy atom. The molecule has 0 atom stereocenters. The summed E-state index contributed by atoms with van der Waals surface area (Å²) in [6.45, 7) is 10.0. The van der Waals surface area contributed by atoms with Crippen molar-refractivity contribution in [2.75, 3.05) is 44.6 Å². The Hall–Kier alpha value is -2.75. The molecule has 4 rings (SSSR count). The quantitative estimate of drug-likeness (QED) is 0.635. The van der Waals surface area contributed by atoms with Crippen LogP contribution in [-0.4, -0.2) is 70.2 Å². The highest BCUT2D eigenvalue weighted by atomic mass is 16.2. The third kappa shape index (κ3) is 5.98. The normalized spacial score (nSPS) is 18.3. The maximum absolute atomic E-state index is 12.6. The zero-order chi connectivity index (χ0) is 23.4. The molecule has 2 aliphatic rings. The molecule has 0 spiro atoms. The van der Waals surface area contributed by atoms with Gasteiger partial charge in [0, 0.05) is 44.5 Å². The third-order valence-corrected chi connectivity index (χ3v) is 6.70. The van der Waals surface area contributed by atoms with Gasteiger partial charge in [-0.15, -0.1) is 0 Å². The zero-order valence-electron chi connectivity index (χ0n) is 19.6. The smallest absolute Gasteiger partial charge is 0.325 e. The first-order valence-corrected chi connectivity index (χ1v) is 11.8. The zero-order valence-corrected chi connectivity index (χ0v) is 19.6. The Labute approximate surface area is 195 Å². The second kappa shape index (κ2) is 10.0. The first kappa shape index (κ1) is 23.4. The number of hydrogen-bond acceptors (Lipinski definition) is 6. The van der Waals surface area contributed by atoms with Crippen molar-refractivity contribution in [3.63, 3.8) is 0 Å². The molecule has 9 nitrogen and oxygen atoms in total. The van der Waals surface area contributed by atoms with Crippen LogP contribution in [0.1, 0.15) is 32.3 Å². The summed E-state index contributed by atoms with van der Waals surface area (Å²) in [6.07, 6.45) is 3.90. The predicted octanol–water partition coefficient (Wildman–Crippen LogP) is 1.62. The largest absolute Gasteiger partial charge is 0.354 e. The number of aromatic nitrogens is 2. The lowest BCUT2D eigenvalue weighted by Crippen LogP contribution is -2.48. The Morgan fingerprint density at radius 1 is 1.12 bits per heavy atom. The minimum Gasteiger partial charge on any atom is -0.325 e. The van der Waals surface area contributed by atoms with E-state index in [4.69, 9.17) is 5.73 Å². The minimum atomic E-state index is -0.424. The van der Waals surface area contributed by atoms with Crippen molar-refractivity contribution < 1.29 is 4.79 Å². The van der Waals surface area contributed by atoms with E-state index in [-0.39, 0.29) is 17.4 Å². The van der Waals surface area contributed by atoms with E-state index >= 15 is 0 Å². The van der Waals surface area contributed by atoms with Gasteiger partial charge in [0.2, 0.25) is 0 Å². The number of carbonyl (C=O) groups excluding carboxylic acids is 1. The van der Waals surface area contributed by atoms with Crippen molar-refractivity contribution in [2.45, 2.75) is 38.8 Å². The van der Waals surface area contributed by atoms with Gasteiger partial charge >= 0.3 is 11.7 Å². The van der Waals surface area contributed by atoms with Gasteiger partial charge in [0.1, 0.15) is 5.82 Å². The average Bonchev–Trinajstić information content (AvgIpc) is 2.80. The van der Waals surface area contributed by atoms with E-state index < -0.39 is 5.69 Å². The fourth-order valence-electron chi connectivity index (χ4n) is 4.58. The predicted molar refractivity (Wildman–Crippen MR) is 130 cm³/mol. The van der Waals surface area contributed by atoms with E-state index in [2.05, 4.69) is 46.5 Å². The van der Waals surface area contributed by atoms with Crippen LogP contribution in [0, 0.1) is 5.92 Å². The summed E-state index contributed by atoms with van der Waals surface area (Å²) in [5.41, 5.74) is 7.71. The van der Waals surface area contributed by atoms with Gasteiger partial charge in [0.25, 0.3) is 0 Å². The Balaban J connectivity index is 1.35. The van der Waals surface area contributed by atoms with Gasteiger partial charge < -0.3 is 16.0 Å². The monoisotopic (exact) mass is 453 g/mol. The molecule has 0 radical (unpaired) electrons. The Morgan fingerprint density at radius 2 is 1.79 bits per heavy atom. The van der Waals surface area contributed by atoms with Crippen LogP contribution in [0.15, 0.2) is 41.3 Å². The number of nitrogens with two attached hydrogens (primary N) is 1. The van der Waals surface area contributed by atoms with E-state index in [0.717, 1.165) is 51.3 Å². The SMILES string of the molecule is CC(C)(N)C1CCN(Cc2ccc(-n3ccc(NC(=O)N4CCNCC4)nc3=O)cc2)CC1. The van der Waals surface area contributed by atoms with Crippen LogP contribution in [0.4, 0.5) is 10.6 Å². The number of anilines is 1. The number of nitrogens with one attached hydrogen (secondary N) is 2. The van der Waals surface area contributed by atoms with Crippen molar-refractivity contribution in [1.29, 1.82) is 0 Å². The van der Waals surface area contributed by atoms with Gasteiger partial charge in [0.05, 0.1) is 5.69 Å². The number of likely N-dealkylation sites (tertiary alicyclic amines) is 1. The molecular formula is C24H35N7O2. The van der Waals surface area contributed by atoms with Crippen LogP contribution < -0.4 is 22.1 Å². The molecule has 9 heteroatoms. The van der Waals surface area contributed by atoms with E-state index in [1.54, 1.807) is 17.2 Å². The molecule has 33 heavy (non-hydrogen) atoms. The molecule has 2 saturated heterocycles. The lowest BCUT2D eigenvalue weighted by atomic mass is 9.81. The van der Waals surface area contributed by atoms with Crippen molar-refractivity contribution in [3.05, 3.63) is 52.6 Å². The number of benzene rings is 1. The standard InChI is InChI=1S/C24H35N7O2/c1-24(2,25)19-7-12-29(13-8-19)17-18-3-5-20(6-4-18)31-14-9-21(28-23(31)33)27-22(32)30-15-10-26-11-16-30/h3-6,9,14,19,26H,7-8,10-13,15-17,25H2,1-2H3,(H,27,28,32,33). The molecular weight excluding hydrogens is 418 g/mol. The molecule has 2 amide bonds. The van der Waals surface area contributed by atoms with Gasteiger partial charge in [-0.05, 0) is 69.5 Å². The second-order valence-corrected chi connectivity index (χ2v) is 9.67. The maximum Gasteiger partial charge on any atom is 0.354 e. The average molecular weight is 454 g/mol. The molecule has 2 aliphatic heterocycles. The van der Waals surface area contributed by atoms with Crippen LogP contribution in [0.5, 0.6) is 0 Å². The highest BCUT2D eigenvalue weighted by Crippen LogP contribution is 2.27. The summed E-state index contributed by atoms with van der Waals surface area (Å²) < 4.78 is 1.49. The molecule has 0 unspecified atom stereocenters. The third-order valence-electron chi connectivity index (χ3n) is 6.70. The van der Waals surface area contributed by atoms with E-state index in [0.29, 0.717) is 19.0 Å². The first-order valence-electron chi connectivity index (χ1n) is 11.8. The number of rotatable bonds is 5. The Kier molecular flexibility index (Phi) is 7.11. The van der Waals surface area contributed by atoms with Crippen molar-refractivity contribution in [1.82, 2.24) is 24.7 Å². The molecule has 0 bridgehead atoms. The molecule has 1 aromatic carbocycles. The number of hydrogen-bond donors (Lipinski definition) is 3. The summed E-state index contributed by atoms with van der Waals surface area (Å²) in [5, 5.41) is 5.92. The second-order valence-electron chi connectivity index (χ2n) is 9.67. The van der Waals surface area contributed by atoms with Gasteiger partial charge in [0.15, 0.2) is 0 Å². The summed E-state index contributed by atoms with van der Waals surface area (Å²) in [5.74, 6) is 0.834. The van der Waals surface area contributed by atoms with E-state index in [9.17, 15) is 9.59 Å². The fraction of sp³-hybridized carbons (Fsp3) is 0.542. The lowest BCUT2D eigenvalue weighted by molar-refractivity contribution is 0.138. The fourth-order valence-corrected chi connectivity index (χ4v) is 4.58. The minimum absolute atomic E-state index is 0.113. The number of carbonyl (C=O) groups is 1. The number of piperidine rings is 1. The number of amides is 2. The number of piperazine rings is 1. The topological polar surface area (TPSA) is 109 Å². The molecule has 1 aromatic heterocycles. The number of nitrogens with zero attached hydrogens (tertiary/aromatic N) is 4.